The van der Waals surface area contributed by atoms with Crippen molar-refractivity contribution in [3.63, 3.8) is 0 Å². The molecule has 1 aromatic rings. The first-order valence-corrected chi connectivity index (χ1v) is 8.89. The predicted octanol–water partition coefficient (Wildman–Crippen LogP) is 3.87. The van der Waals surface area contributed by atoms with Gasteiger partial charge in [-0.2, -0.15) is 0 Å². The number of aliphatic hydroxyl groups excluding tert-OH is 1. The van der Waals surface area contributed by atoms with E-state index < -0.39 is 6.10 Å². The number of hydrogen-bond acceptors (Lipinski definition) is 3. The van der Waals surface area contributed by atoms with Crippen molar-refractivity contribution >= 4 is 23.5 Å². The van der Waals surface area contributed by atoms with Gasteiger partial charge in [0.15, 0.2) is 0 Å². The number of aliphatic hydroxyl groups is 1. The van der Waals surface area contributed by atoms with Gasteiger partial charge in [0.05, 0.1) is 6.10 Å². The van der Waals surface area contributed by atoms with Crippen LogP contribution in [0, 0.1) is 6.92 Å². The van der Waals surface area contributed by atoms with Crippen molar-refractivity contribution in [2.24, 2.45) is 0 Å². The van der Waals surface area contributed by atoms with Crippen LogP contribution in [0.3, 0.4) is 0 Å². The number of likely N-dealkylation sites (tertiary alicyclic amines) is 1. The molecule has 1 heterocycles. The van der Waals surface area contributed by atoms with Crippen molar-refractivity contribution in [1.29, 1.82) is 0 Å². The molecule has 1 aromatic carbocycles. The summed E-state index contributed by atoms with van der Waals surface area (Å²) in [6, 6.07) is 6.03. The van der Waals surface area contributed by atoms with E-state index >= 15 is 0 Å². The van der Waals surface area contributed by atoms with Crippen molar-refractivity contribution in [1.82, 2.24) is 4.90 Å². The molecular weight excluding hydrogens is 296 g/mol. The summed E-state index contributed by atoms with van der Waals surface area (Å²) in [5.41, 5.74) is 1.91. The Bertz CT molecular complexity index is 521. The zero-order valence-electron chi connectivity index (χ0n) is 13.6. The molecule has 0 spiro atoms. The van der Waals surface area contributed by atoms with Crippen LogP contribution in [0.4, 0.5) is 10.5 Å². The number of thioether (sulfide) groups is 1. The van der Waals surface area contributed by atoms with Gasteiger partial charge in [-0.15, -0.1) is 11.8 Å². The topological polar surface area (TPSA) is 52.6 Å². The lowest BCUT2D eigenvalue weighted by Crippen LogP contribution is -2.44. The Morgan fingerprint density at radius 2 is 2.32 bits per heavy atom. The van der Waals surface area contributed by atoms with E-state index in [1.54, 1.807) is 4.90 Å². The van der Waals surface area contributed by atoms with Crippen molar-refractivity contribution in [2.75, 3.05) is 18.4 Å². The number of anilines is 1. The number of hydrogen-bond donors (Lipinski definition) is 2. The van der Waals surface area contributed by atoms with E-state index in [4.69, 9.17) is 0 Å². The molecule has 0 saturated carbocycles. The normalized spacial score (nSPS) is 19.8. The summed E-state index contributed by atoms with van der Waals surface area (Å²) >= 11 is 1.86. The number of amides is 2. The number of carbonyl (C=O) groups is 1. The number of urea groups is 1. The summed E-state index contributed by atoms with van der Waals surface area (Å²) in [5, 5.41) is 13.2. The molecule has 0 bridgehead atoms. The van der Waals surface area contributed by atoms with Gasteiger partial charge in [0, 0.05) is 28.9 Å². The van der Waals surface area contributed by atoms with Crippen LogP contribution in [0.1, 0.15) is 38.7 Å². The van der Waals surface area contributed by atoms with E-state index in [1.165, 1.54) is 4.90 Å². The number of nitrogens with one attached hydrogen (secondary N) is 1. The van der Waals surface area contributed by atoms with Crippen molar-refractivity contribution in [2.45, 2.75) is 56.3 Å². The van der Waals surface area contributed by atoms with Gasteiger partial charge in [-0.3, -0.25) is 0 Å². The number of β-amino-alcohol motifs (C(OH)–C–C–N with tert-alkyl or cyclic N) is 1. The Labute approximate surface area is 137 Å². The van der Waals surface area contributed by atoms with Gasteiger partial charge in [0.1, 0.15) is 0 Å². The number of rotatable bonds is 4. The SMILES string of the molecule is CC[C@H](C)Sc1ccc(NC(=O)N2CCC[C@H](O)C2)c(C)c1. The highest BCUT2D eigenvalue weighted by Crippen LogP contribution is 2.28. The number of aryl methyl sites for hydroxylation is 1. The Morgan fingerprint density at radius 1 is 1.55 bits per heavy atom. The monoisotopic (exact) mass is 322 g/mol. The molecule has 1 aliphatic rings. The molecule has 2 rings (SSSR count). The molecule has 1 aliphatic heterocycles. The average molecular weight is 322 g/mol. The largest absolute Gasteiger partial charge is 0.391 e. The minimum absolute atomic E-state index is 0.121. The van der Waals surface area contributed by atoms with E-state index in [0.717, 1.165) is 30.5 Å². The Hall–Kier alpha value is -1.20. The zero-order chi connectivity index (χ0) is 16.1. The highest BCUT2D eigenvalue weighted by Gasteiger charge is 2.22. The summed E-state index contributed by atoms with van der Waals surface area (Å²) in [5.74, 6) is 0. The highest BCUT2D eigenvalue weighted by atomic mass is 32.2. The van der Waals surface area contributed by atoms with Gasteiger partial charge in [0.25, 0.3) is 0 Å². The van der Waals surface area contributed by atoms with E-state index in [9.17, 15) is 9.90 Å². The summed E-state index contributed by atoms with van der Waals surface area (Å²) in [7, 11) is 0. The Kier molecular flexibility index (Phi) is 6.15. The van der Waals surface area contributed by atoms with Gasteiger partial charge in [-0.05, 0) is 49.9 Å². The van der Waals surface area contributed by atoms with Crippen LogP contribution in [0.25, 0.3) is 0 Å². The predicted molar refractivity (Wildman–Crippen MR) is 92.6 cm³/mol. The molecule has 2 amide bonds. The lowest BCUT2D eigenvalue weighted by atomic mass is 10.1. The third kappa shape index (κ3) is 4.65. The third-order valence-electron chi connectivity index (χ3n) is 4.04. The molecular formula is C17H26N2O2S. The van der Waals surface area contributed by atoms with Crippen LogP contribution >= 0.6 is 11.8 Å². The fourth-order valence-corrected chi connectivity index (χ4v) is 3.52. The minimum Gasteiger partial charge on any atom is -0.391 e. The Balaban J connectivity index is 1.99. The number of carbonyl (C=O) groups excluding carboxylic acids is 1. The molecule has 1 fully saturated rings. The highest BCUT2D eigenvalue weighted by molar-refractivity contribution is 7.99. The lowest BCUT2D eigenvalue weighted by Gasteiger charge is -2.30. The maximum atomic E-state index is 12.3. The van der Waals surface area contributed by atoms with Crippen molar-refractivity contribution in [3.8, 4) is 0 Å². The molecule has 122 valence electrons. The number of piperidine rings is 1. The molecule has 22 heavy (non-hydrogen) atoms. The van der Waals surface area contributed by atoms with Crippen LogP contribution in [-0.4, -0.2) is 40.5 Å². The smallest absolute Gasteiger partial charge is 0.321 e. The van der Waals surface area contributed by atoms with Gasteiger partial charge >= 0.3 is 6.03 Å². The second kappa shape index (κ2) is 7.88. The molecule has 0 unspecified atom stereocenters. The maximum absolute atomic E-state index is 12.3. The van der Waals surface area contributed by atoms with Gasteiger partial charge in [-0.25, -0.2) is 4.79 Å². The van der Waals surface area contributed by atoms with Gasteiger partial charge in [0.2, 0.25) is 0 Å². The number of nitrogens with zero attached hydrogens (tertiary/aromatic N) is 1. The second-order valence-electron chi connectivity index (χ2n) is 5.99. The molecule has 2 atom stereocenters. The standard InChI is InChI=1S/C17H26N2O2S/c1-4-13(3)22-15-7-8-16(12(2)10-15)18-17(21)19-9-5-6-14(20)11-19/h7-8,10,13-14,20H,4-6,9,11H2,1-3H3,(H,18,21)/t13-,14-/m0/s1. The molecule has 0 aliphatic carbocycles. The molecule has 2 N–H and O–H groups in total. The zero-order valence-corrected chi connectivity index (χ0v) is 14.4. The van der Waals surface area contributed by atoms with E-state index in [1.807, 2.05) is 24.8 Å². The van der Waals surface area contributed by atoms with Gasteiger partial charge in [-0.1, -0.05) is 13.8 Å². The van der Waals surface area contributed by atoms with Crippen molar-refractivity contribution in [3.05, 3.63) is 23.8 Å². The van der Waals surface area contributed by atoms with E-state index in [2.05, 4.69) is 31.3 Å². The second-order valence-corrected chi connectivity index (χ2v) is 7.50. The Morgan fingerprint density at radius 3 is 2.95 bits per heavy atom. The molecule has 5 heteroatoms. The molecule has 0 radical (unpaired) electrons. The number of benzene rings is 1. The van der Waals surface area contributed by atoms with E-state index in [-0.39, 0.29) is 6.03 Å². The summed E-state index contributed by atoms with van der Waals surface area (Å²) in [6.07, 6.45) is 2.39. The summed E-state index contributed by atoms with van der Waals surface area (Å²) < 4.78 is 0. The van der Waals surface area contributed by atoms with Crippen LogP contribution < -0.4 is 5.32 Å². The molecule has 1 saturated heterocycles. The summed E-state index contributed by atoms with van der Waals surface area (Å²) in [4.78, 5) is 15.2. The minimum atomic E-state index is -0.394. The van der Waals surface area contributed by atoms with Crippen LogP contribution in [0.5, 0.6) is 0 Å². The molecule has 0 aromatic heterocycles. The quantitative estimate of drug-likeness (QED) is 0.827. The first kappa shape index (κ1) is 17.2. The lowest BCUT2D eigenvalue weighted by molar-refractivity contribution is 0.0883. The fraction of sp³-hybridized carbons (Fsp3) is 0.588. The van der Waals surface area contributed by atoms with E-state index in [0.29, 0.717) is 18.3 Å². The maximum Gasteiger partial charge on any atom is 0.321 e. The van der Waals surface area contributed by atoms with Crippen LogP contribution in [0.2, 0.25) is 0 Å². The third-order valence-corrected chi connectivity index (χ3v) is 5.30. The first-order chi connectivity index (χ1) is 10.5. The fourth-order valence-electron chi connectivity index (χ4n) is 2.50. The molecule has 4 nitrogen and oxygen atoms in total. The first-order valence-electron chi connectivity index (χ1n) is 8.01. The van der Waals surface area contributed by atoms with Gasteiger partial charge < -0.3 is 15.3 Å². The van der Waals surface area contributed by atoms with Crippen molar-refractivity contribution < 1.29 is 9.90 Å². The summed E-state index contributed by atoms with van der Waals surface area (Å²) in [6.45, 7) is 7.56. The van der Waals surface area contributed by atoms with Crippen LogP contribution in [0.15, 0.2) is 23.1 Å². The van der Waals surface area contributed by atoms with Crippen LogP contribution in [-0.2, 0) is 0 Å². The average Bonchev–Trinajstić information content (AvgIpc) is 2.49.